The lowest BCUT2D eigenvalue weighted by molar-refractivity contribution is -0.122. The van der Waals surface area contributed by atoms with Gasteiger partial charge in [0, 0.05) is 24.5 Å². The van der Waals surface area contributed by atoms with Crippen molar-refractivity contribution in [2.75, 3.05) is 13.1 Å². The predicted octanol–water partition coefficient (Wildman–Crippen LogP) is 1.09. The van der Waals surface area contributed by atoms with E-state index < -0.39 is 0 Å². The van der Waals surface area contributed by atoms with E-state index in [1.807, 2.05) is 6.92 Å². The molecule has 1 aliphatic rings. The minimum absolute atomic E-state index is 0.0582. The predicted molar refractivity (Wildman–Crippen MR) is 70.5 cm³/mol. The van der Waals surface area contributed by atoms with Crippen LogP contribution in [-0.2, 0) is 4.79 Å². The second kappa shape index (κ2) is 6.97. The molecule has 0 spiro atoms. The quantitative estimate of drug-likeness (QED) is 0.731. The van der Waals surface area contributed by atoms with Crippen molar-refractivity contribution in [1.29, 1.82) is 0 Å². The standard InChI is InChI=1S/C13H27N3O/c1-3-8-16(9-10(2)13(15)17)12-6-4-11(14)5-7-12/h10-12H,3-9,14H2,1-2H3,(H2,15,17). The molecule has 0 saturated heterocycles. The van der Waals surface area contributed by atoms with Gasteiger partial charge in [-0.2, -0.15) is 0 Å². The second-order valence-corrected chi connectivity index (χ2v) is 5.37. The van der Waals surface area contributed by atoms with Crippen molar-refractivity contribution in [2.45, 2.75) is 58.0 Å². The summed E-state index contributed by atoms with van der Waals surface area (Å²) in [6, 6.07) is 0.972. The number of carbonyl (C=O) groups excluding carboxylic acids is 1. The van der Waals surface area contributed by atoms with E-state index in [-0.39, 0.29) is 11.8 Å². The molecule has 0 aromatic heterocycles. The van der Waals surface area contributed by atoms with Crippen LogP contribution in [0, 0.1) is 5.92 Å². The van der Waals surface area contributed by atoms with Crippen LogP contribution in [0.4, 0.5) is 0 Å². The van der Waals surface area contributed by atoms with Crippen LogP contribution in [0.15, 0.2) is 0 Å². The molecule has 0 aromatic rings. The van der Waals surface area contributed by atoms with Crippen LogP contribution in [0.1, 0.15) is 46.0 Å². The highest BCUT2D eigenvalue weighted by atomic mass is 16.1. The Morgan fingerprint density at radius 1 is 1.35 bits per heavy atom. The molecule has 4 N–H and O–H groups in total. The first-order valence-corrected chi connectivity index (χ1v) is 6.83. The SMILES string of the molecule is CCCN(CC(C)C(N)=O)C1CCC(N)CC1. The van der Waals surface area contributed by atoms with Crippen molar-refractivity contribution >= 4 is 5.91 Å². The largest absolute Gasteiger partial charge is 0.369 e. The first kappa shape index (κ1) is 14.5. The topological polar surface area (TPSA) is 72.3 Å². The van der Waals surface area contributed by atoms with Gasteiger partial charge in [-0.1, -0.05) is 13.8 Å². The Hall–Kier alpha value is -0.610. The summed E-state index contributed by atoms with van der Waals surface area (Å²) in [7, 11) is 0. The number of carbonyl (C=O) groups is 1. The number of nitrogens with zero attached hydrogens (tertiary/aromatic N) is 1. The van der Waals surface area contributed by atoms with Gasteiger partial charge in [0.2, 0.25) is 5.91 Å². The Morgan fingerprint density at radius 2 is 1.94 bits per heavy atom. The molecule has 1 fully saturated rings. The summed E-state index contributed by atoms with van der Waals surface area (Å²) >= 11 is 0. The van der Waals surface area contributed by atoms with Gasteiger partial charge in [0.15, 0.2) is 0 Å². The third-order valence-electron chi connectivity index (χ3n) is 3.76. The first-order valence-electron chi connectivity index (χ1n) is 6.83. The molecule has 0 aliphatic heterocycles. The molecule has 0 bridgehead atoms. The number of hydrogen-bond acceptors (Lipinski definition) is 3. The molecule has 1 saturated carbocycles. The van der Waals surface area contributed by atoms with Crippen LogP contribution in [0.2, 0.25) is 0 Å². The van der Waals surface area contributed by atoms with Crippen LogP contribution in [0.3, 0.4) is 0 Å². The molecule has 0 heterocycles. The van der Waals surface area contributed by atoms with Crippen LogP contribution < -0.4 is 11.5 Å². The van der Waals surface area contributed by atoms with E-state index in [4.69, 9.17) is 11.5 Å². The van der Waals surface area contributed by atoms with E-state index in [9.17, 15) is 4.79 Å². The van der Waals surface area contributed by atoms with Crippen molar-refractivity contribution in [2.24, 2.45) is 17.4 Å². The van der Waals surface area contributed by atoms with Crippen molar-refractivity contribution in [3.05, 3.63) is 0 Å². The van der Waals surface area contributed by atoms with Gasteiger partial charge in [0.05, 0.1) is 0 Å². The van der Waals surface area contributed by atoms with Gasteiger partial charge < -0.3 is 11.5 Å². The third kappa shape index (κ3) is 4.64. The Labute approximate surface area is 105 Å². The number of nitrogens with two attached hydrogens (primary N) is 2. The van der Waals surface area contributed by atoms with Gasteiger partial charge in [-0.3, -0.25) is 9.69 Å². The fourth-order valence-electron chi connectivity index (χ4n) is 2.62. The van der Waals surface area contributed by atoms with Gasteiger partial charge in [-0.15, -0.1) is 0 Å². The third-order valence-corrected chi connectivity index (χ3v) is 3.76. The Kier molecular flexibility index (Phi) is 5.92. The molecular weight excluding hydrogens is 214 g/mol. The molecule has 1 aliphatic carbocycles. The zero-order chi connectivity index (χ0) is 12.8. The van der Waals surface area contributed by atoms with Crippen molar-refractivity contribution in [1.82, 2.24) is 4.90 Å². The summed E-state index contributed by atoms with van der Waals surface area (Å²) in [5, 5.41) is 0. The summed E-state index contributed by atoms with van der Waals surface area (Å²) in [5.74, 6) is -0.254. The Bertz CT molecular complexity index is 237. The molecule has 0 aromatic carbocycles. The van der Waals surface area contributed by atoms with Gasteiger partial charge in [-0.05, 0) is 38.6 Å². The highest BCUT2D eigenvalue weighted by Crippen LogP contribution is 2.23. The highest BCUT2D eigenvalue weighted by molar-refractivity contribution is 5.76. The van der Waals surface area contributed by atoms with Crippen molar-refractivity contribution < 1.29 is 4.79 Å². The molecule has 17 heavy (non-hydrogen) atoms. The maximum atomic E-state index is 11.1. The number of hydrogen-bond donors (Lipinski definition) is 2. The molecule has 1 rings (SSSR count). The normalized spacial score (nSPS) is 27.1. The van der Waals surface area contributed by atoms with Crippen LogP contribution >= 0.6 is 0 Å². The van der Waals surface area contributed by atoms with Crippen LogP contribution in [0.25, 0.3) is 0 Å². The summed E-state index contributed by atoms with van der Waals surface area (Å²) in [5.41, 5.74) is 11.3. The summed E-state index contributed by atoms with van der Waals surface area (Å²) < 4.78 is 0. The van der Waals surface area contributed by atoms with E-state index in [2.05, 4.69) is 11.8 Å². The van der Waals surface area contributed by atoms with Crippen LogP contribution in [0.5, 0.6) is 0 Å². The van der Waals surface area contributed by atoms with Gasteiger partial charge in [-0.25, -0.2) is 0 Å². The van der Waals surface area contributed by atoms with Crippen LogP contribution in [-0.4, -0.2) is 36.0 Å². The number of rotatable bonds is 6. The van der Waals surface area contributed by atoms with E-state index in [1.54, 1.807) is 0 Å². The monoisotopic (exact) mass is 241 g/mol. The van der Waals surface area contributed by atoms with E-state index in [0.29, 0.717) is 12.1 Å². The maximum absolute atomic E-state index is 11.1. The fourth-order valence-corrected chi connectivity index (χ4v) is 2.62. The minimum atomic E-state index is -0.196. The van der Waals surface area contributed by atoms with Gasteiger partial charge in [0.1, 0.15) is 0 Å². The lowest BCUT2D eigenvalue weighted by Crippen LogP contribution is -2.44. The molecule has 4 nitrogen and oxygen atoms in total. The zero-order valence-corrected chi connectivity index (χ0v) is 11.2. The molecule has 0 radical (unpaired) electrons. The molecule has 100 valence electrons. The lowest BCUT2D eigenvalue weighted by Gasteiger charge is -2.37. The molecule has 1 atom stereocenters. The second-order valence-electron chi connectivity index (χ2n) is 5.37. The molecule has 4 heteroatoms. The summed E-state index contributed by atoms with van der Waals surface area (Å²) in [4.78, 5) is 13.6. The highest BCUT2D eigenvalue weighted by Gasteiger charge is 2.25. The smallest absolute Gasteiger partial charge is 0.221 e. The number of primary amides is 1. The average molecular weight is 241 g/mol. The summed E-state index contributed by atoms with van der Waals surface area (Å²) in [6.45, 7) is 5.94. The minimum Gasteiger partial charge on any atom is -0.369 e. The van der Waals surface area contributed by atoms with E-state index >= 15 is 0 Å². The van der Waals surface area contributed by atoms with Gasteiger partial charge in [0.25, 0.3) is 0 Å². The summed E-state index contributed by atoms with van der Waals surface area (Å²) in [6.07, 6.45) is 5.65. The number of amides is 1. The van der Waals surface area contributed by atoms with Crippen molar-refractivity contribution in [3.8, 4) is 0 Å². The fraction of sp³-hybridized carbons (Fsp3) is 0.923. The van der Waals surface area contributed by atoms with Crippen molar-refractivity contribution in [3.63, 3.8) is 0 Å². The van der Waals surface area contributed by atoms with Gasteiger partial charge >= 0.3 is 0 Å². The van der Waals surface area contributed by atoms with E-state index in [1.165, 1.54) is 0 Å². The molecule has 1 unspecified atom stereocenters. The molecule has 1 amide bonds. The first-order chi connectivity index (χ1) is 8.04. The van der Waals surface area contributed by atoms with E-state index in [0.717, 1.165) is 45.2 Å². The lowest BCUT2D eigenvalue weighted by atomic mass is 9.90. The zero-order valence-electron chi connectivity index (χ0n) is 11.2. The Morgan fingerprint density at radius 3 is 2.41 bits per heavy atom. The molecular formula is C13H27N3O. The maximum Gasteiger partial charge on any atom is 0.221 e. The average Bonchev–Trinajstić information content (AvgIpc) is 2.29. The Balaban J connectivity index is 2.49.